The molecule has 3 aliphatic rings. The molecule has 2 saturated carbocycles. The molecule has 1 aromatic carbocycles. The van der Waals surface area contributed by atoms with Gasteiger partial charge >= 0.3 is 0 Å². The van der Waals surface area contributed by atoms with Crippen LogP contribution in [0.5, 0.6) is 0 Å². The zero-order valence-electron chi connectivity index (χ0n) is 12.9. The molecule has 0 amide bonds. The van der Waals surface area contributed by atoms with Gasteiger partial charge in [-0.1, -0.05) is 19.1 Å². The number of nitro benzene ring substituents is 1. The second kappa shape index (κ2) is 4.64. The summed E-state index contributed by atoms with van der Waals surface area (Å²) in [5.41, 5.74) is 2.29. The molecule has 0 saturated heterocycles. The molecular formula is C18H21NO3. The predicted molar refractivity (Wildman–Crippen MR) is 82.7 cm³/mol. The minimum atomic E-state index is -0.245. The van der Waals surface area contributed by atoms with E-state index >= 15 is 0 Å². The highest BCUT2D eigenvalue weighted by Crippen LogP contribution is 2.59. The second-order valence-electron chi connectivity index (χ2n) is 7.44. The number of carbonyl (C=O) groups excluding carboxylic acids is 1. The Labute approximate surface area is 130 Å². The molecule has 4 atom stereocenters. The standard InChI is InChI=1S/C18H21NO3/c1-18-10-9-12-11-3-2-4-16(19(21)22)14(11)6-5-13(12)15(18)7-8-17(18)20/h2-4,12-13,15H,5-10H2,1H3/t12-,13-,15+,18+/m1/s1. The highest BCUT2D eigenvalue weighted by molar-refractivity contribution is 5.87. The molecule has 22 heavy (non-hydrogen) atoms. The summed E-state index contributed by atoms with van der Waals surface area (Å²) in [6.45, 7) is 2.16. The van der Waals surface area contributed by atoms with E-state index in [1.807, 2.05) is 6.07 Å². The average molecular weight is 299 g/mol. The molecule has 4 heteroatoms. The summed E-state index contributed by atoms with van der Waals surface area (Å²) >= 11 is 0. The van der Waals surface area contributed by atoms with Gasteiger partial charge in [0.05, 0.1) is 4.92 Å². The lowest BCUT2D eigenvalue weighted by molar-refractivity contribution is -0.385. The molecular weight excluding hydrogens is 278 g/mol. The molecule has 0 heterocycles. The molecule has 0 aliphatic heterocycles. The Kier molecular flexibility index (Phi) is 2.94. The van der Waals surface area contributed by atoms with Crippen molar-refractivity contribution in [1.29, 1.82) is 0 Å². The Bertz CT molecular complexity index is 668. The van der Waals surface area contributed by atoms with Gasteiger partial charge in [0.15, 0.2) is 0 Å². The highest BCUT2D eigenvalue weighted by Gasteiger charge is 2.54. The Hall–Kier alpha value is -1.71. The van der Waals surface area contributed by atoms with Crippen LogP contribution in [0.25, 0.3) is 0 Å². The fraction of sp³-hybridized carbons (Fsp3) is 0.611. The number of benzene rings is 1. The number of Topliss-reactive ketones (excluding diaryl/α,β-unsaturated/α-hetero) is 1. The lowest BCUT2D eigenvalue weighted by atomic mass is 9.55. The summed E-state index contributed by atoms with van der Waals surface area (Å²) in [6.07, 6.45) is 5.47. The maximum atomic E-state index is 12.3. The van der Waals surface area contributed by atoms with Crippen molar-refractivity contribution in [3.05, 3.63) is 39.4 Å². The molecule has 116 valence electrons. The van der Waals surface area contributed by atoms with Crippen LogP contribution in [0.4, 0.5) is 5.69 Å². The first-order valence-electron chi connectivity index (χ1n) is 8.32. The van der Waals surface area contributed by atoms with Crippen LogP contribution in [0, 0.1) is 27.4 Å². The lowest BCUT2D eigenvalue weighted by Gasteiger charge is -2.48. The Morgan fingerprint density at radius 2 is 2.05 bits per heavy atom. The second-order valence-corrected chi connectivity index (χ2v) is 7.44. The van der Waals surface area contributed by atoms with E-state index in [-0.39, 0.29) is 16.0 Å². The molecule has 1 aromatic rings. The Morgan fingerprint density at radius 3 is 2.82 bits per heavy atom. The Balaban J connectivity index is 1.75. The third-order valence-electron chi connectivity index (χ3n) is 6.66. The van der Waals surface area contributed by atoms with Crippen LogP contribution in [0.3, 0.4) is 0 Å². The van der Waals surface area contributed by atoms with E-state index in [2.05, 4.69) is 13.0 Å². The molecule has 0 N–H and O–H groups in total. The van der Waals surface area contributed by atoms with Gasteiger partial charge in [-0.3, -0.25) is 14.9 Å². The summed E-state index contributed by atoms with van der Waals surface area (Å²) in [5, 5.41) is 11.3. The van der Waals surface area contributed by atoms with Crippen molar-refractivity contribution < 1.29 is 9.72 Å². The van der Waals surface area contributed by atoms with Crippen LogP contribution < -0.4 is 0 Å². The van der Waals surface area contributed by atoms with E-state index in [0.717, 1.165) is 44.1 Å². The number of rotatable bonds is 1. The molecule has 3 aliphatic carbocycles. The third kappa shape index (κ3) is 1.73. The first kappa shape index (κ1) is 13.9. The van der Waals surface area contributed by atoms with E-state index < -0.39 is 0 Å². The van der Waals surface area contributed by atoms with E-state index in [4.69, 9.17) is 0 Å². The predicted octanol–water partition coefficient (Wildman–Crippen LogP) is 4.02. The highest BCUT2D eigenvalue weighted by atomic mass is 16.6. The first-order chi connectivity index (χ1) is 10.5. The SMILES string of the molecule is C[C@]12CC[C@@H]3c4cccc([N+](=O)[O-])c4CC[C@H]3[C@@H]1CCC2=O. The van der Waals surface area contributed by atoms with Crippen LogP contribution in [0.15, 0.2) is 18.2 Å². The number of hydrogen-bond donors (Lipinski definition) is 0. The van der Waals surface area contributed by atoms with E-state index in [9.17, 15) is 14.9 Å². The zero-order valence-corrected chi connectivity index (χ0v) is 12.9. The van der Waals surface area contributed by atoms with Gasteiger partial charge in [-0.05, 0) is 55.4 Å². The van der Waals surface area contributed by atoms with Crippen LogP contribution in [0.2, 0.25) is 0 Å². The normalized spacial score (nSPS) is 36.4. The van der Waals surface area contributed by atoms with Crippen molar-refractivity contribution >= 4 is 11.5 Å². The van der Waals surface area contributed by atoms with Crippen LogP contribution >= 0.6 is 0 Å². The first-order valence-corrected chi connectivity index (χ1v) is 8.32. The molecule has 4 nitrogen and oxygen atoms in total. The smallest absolute Gasteiger partial charge is 0.272 e. The summed E-state index contributed by atoms with van der Waals surface area (Å²) in [7, 11) is 0. The van der Waals surface area contributed by atoms with Crippen LogP contribution in [-0.4, -0.2) is 10.7 Å². The van der Waals surface area contributed by atoms with Gasteiger partial charge < -0.3 is 0 Å². The number of nitrogens with zero attached hydrogens (tertiary/aromatic N) is 1. The molecule has 0 bridgehead atoms. The molecule has 4 rings (SSSR count). The minimum Gasteiger partial charge on any atom is -0.299 e. The molecule has 0 aromatic heterocycles. The number of fused-ring (bicyclic) bond motifs is 5. The van der Waals surface area contributed by atoms with E-state index in [0.29, 0.717) is 23.5 Å². The fourth-order valence-electron chi connectivity index (χ4n) is 5.54. The number of carbonyl (C=O) groups is 1. The van der Waals surface area contributed by atoms with Gasteiger partial charge in [0, 0.05) is 23.5 Å². The fourth-order valence-corrected chi connectivity index (χ4v) is 5.54. The van der Waals surface area contributed by atoms with Crippen LogP contribution in [-0.2, 0) is 11.2 Å². The summed E-state index contributed by atoms with van der Waals surface area (Å²) in [4.78, 5) is 23.3. The molecule has 0 unspecified atom stereocenters. The summed E-state index contributed by atoms with van der Waals surface area (Å²) in [6, 6.07) is 5.54. The van der Waals surface area contributed by atoms with Gasteiger partial charge in [-0.15, -0.1) is 0 Å². The monoisotopic (exact) mass is 299 g/mol. The van der Waals surface area contributed by atoms with E-state index in [1.54, 1.807) is 6.07 Å². The topological polar surface area (TPSA) is 60.2 Å². The van der Waals surface area contributed by atoms with Crippen LogP contribution in [0.1, 0.15) is 56.1 Å². The lowest BCUT2D eigenvalue weighted by Crippen LogP contribution is -2.42. The zero-order chi connectivity index (χ0) is 15.5. The average Bonchev–Trinajstić information content (AvgIpc) is 2.82. The molecule has 0 spiro atoms. The number of ketones is 1. The van der Waals surface area contributed by atoms with Crippen molar-refractivity contribution in [1.82, 2.24) is 0 Å². The number of nitro groups is 1. The van der Waals surface area contributed by atoms with Crippen molar-refractivity contribution in [3.63, 3.8) is 0 Å². The quantitative estimate of drug-likeness (QED) is 0.581. The van der Waals surface area contributed by atoms with Gasteiger partial charge in [-0.2, -0.15) is 0 Å². The van der Waals surface area contributed by atoms with Gasteiger partial charge in [-0.25, -0.2) is 0 Å². The maximum absolute atomic E-state index is 12.3. The van der Waals surface area contributed by atoms with Gasteiger partial charge in [0.1, 0.15) is 5.78 Å². The Morgan fingerprint density at radius 1 is 1.23 bits per heavy atom. The number of hydrogen-bond acceptors (Lipinski definition) is 3. The van der Waals surface area contributed by atoms with E-state index in [1.165, 1.54) is 5.56 Å². The van der Waals surface area contributed by atoms with Crippen molar-refractivity contribution in [2.75, 3.05) is 0 Å². The molecule has 0 radical (unpaired) electrons. The van der Waals surface area contributed by atoms with Gasteiger partial charge in [0.2, 0.25) is 0 Å². The van der Waals surface area contributed by atoms with Crippen molar-refractivity contribution in [3.8, 4) is 0 Å². The largest absolute Gasteiger partial charge is 0.299 e. The van der Waals surface area contributed by atoms with Crippen molar-refractivity contribution in [2.24, 2.45) is 17.3 Å². The maximum Gasteiger partial charge on any atom is 0.272 e. The van der Waals surface area contributed by atoms with Gasteiger partial charge in [0.25, 0.3) is 5.69 Å². The summed E-state index contributed by atoms with van der Waals surface area (Å²) in [5.74, 6) is 1.86. The molecule has 2 fully saturated rings. The third-order valence-corrected chi connectivity index (χ3v) is 6.66. The van der Waals surface area contributed by atoms with Crippen molar-refractivity contribution in [2.45, 2.75) is 51.4 Å². The summed E-state index contributed by atoms with van der Waals surface area (Å²) < 4.78 is 0. The minimum absolute atomic E-state index is 0.126.